The molecule has 5 rings (SSSR count). The van der Waals surface area contributed by atoms with Crippen LogP contribution in [0.15, 0.2) is 78.9 Å². The Morgan fingerprint density at radius 1 is 0.909 bits per heavy atom. The van der Waals surface area contributed by atoms with E-state index in [1.54, 1.807) is 0 Å². The Morgan fingerprint density at radius 3 is 2.42 bits per heavy atom. The van der Waals surface area contributed by atoms with Crippen LogP contribution >= 0.6 is 0 Å². The molecule has 6 nitrogen and oxygen atoms in total. The Morgan fingerprint density at radius 2 is 1.67 bits per heavy atom. The van der Waals surface area contributed by atoms with Gasteiger partial charge in [0.25, 0.3) is 0 Å². The van der Waals surface area contributed by atoms with Crippen LogP contribution in [0.5, 0.6) is 0 Å². The zero-order chi connectivity index (χ0) is 22.6. The van der Waals surface area contributed by atoms with E-state index in [1.165, 1.54) is 5.56 Å². The molecule has 0 fully saturated rings. The normalized spacial score (nSPS) is 12.1. The summed E-state index contributed by atoms with van der Waals surface area (Å²) in [5, 5.41) is 19.3. The van der Waals surface area contributed by atoms with Gasteiger partial charge in [0.15, 0.2) is 0 Å². The molecule has 0 amide bonds. The number of aromatic amines is 1. The van der Waals surface area contributed by atoms with Gasteiger partial charge in [0.2, 0.25) is 5.82 Å². The van der Waals surface area contributed by atoms with Crippen molar-refractivity contribution in [3.63, 3.8) is 0 Å². The molecule has 0 saturated heterocycles. The van der Waals surface area contributed by atoms with Gasteiger partial charge in [-0.05, 0) is 46.4 Å². The van der Waals surface area contributed by atoms with Crippen LogP contribution in [0.25, 0.3) is 33.4 Å². The van der Waals surface area contributed by atoms with Crippen LogP contribution in [0.2, 0.25) is 0 Å². The zero-order valence-electron chi connectivity index (χ0n) is 18.8. The van der Waals surface area contributed by atoms with Gasteiger partial charge in [-0.15, -0.1) is 10.2 Å². The van der Waals surface area contributed by atoms with Crippen molar-refractivity contribution in [1.82, 2.24) is 25.6 Å². The van der Waals surface area contributed by atoms with E-state index >= 15 is 0 Å². The molecule has 0 radical (unpaired) electrons. The third kappa shape index (κ3) is 4.32. The fourth-order valence-electron chi connectivity index (χ4n) is 4.01. The summed E-state index contributed by atoms with van der Waals surface area (Å²) in [4.78, 5) is 4.88. The molecule has 1 unspecified atom stereocenters. The molecule has 0 aliphatic heterocycles. The fraction of sp³-hybridized carbons (Fsp3) is 0.185. The number of nitrogens with one attached hydrogen (secondary N) is 2. The van der Waals surface area contributed by atoms with E-state index in [4.69, 9.17) is 4.98 Å². The minimum atomic E-state index is 0.425. The van der Waals surface area contributed by atoms with Crippen molar-refractivity contribution in [1.29, 1.82) is 0 Å². The number of tetrazole rings is 1. The first-order chi connectivity index (χ1) is 16.2. The number of aromatic nitrogens is 5. The first-order valence-electron chi connectivity index (χ1n) is 11.3. The van der Waals surface area contributed by atoms with Crippen molar-refractivity contribution in [2.24, 2.45) is 0 Å². The Kier molecular flexibility index (Phi) is 5.81. The van der Waals surface area contributed by atoms with E-state index in [0.29, 0.717) is 11.7 Å². The highest BCUT2D eigenvalue weighted by Gasteiger charge is 2.12. The standard InChI is InChI=1S/C27H26N6/c1-3-18(2)25-16-26(23-10-6-7-11-24(23)29-25)28-17-19-12-14-20(15-13-19)21-8-4-5-9-22(21)27-30-32-33-31-27/h4-16,18H,3,17H2,1-2H3,(H,28,29)(H,30,31,32,33). The van der Waals surface area contributed by atoms with Gasteiger partial charge < -0.3 is 5.32 Å². The molecule has 0 saturated carbocycles. The summed E-state index contributed by atoms with van der Waals surface area (Å²) in [7, 11) is 0. The maximum atomic E-state index is 4.88. The molecule has 0 spiro atoms. The van der Waals surface area contributed by atoms with Crippen LogP contribution in [0.3, 0.4) is 0 Å². The van der Waals surface area contributed by atoms with Gasteiger partial charge in [0.05, 0.1) is 5.52 Å². The average molecular weight is 435 g/mol. The highest BCUT2D eigenvalue weighted by atomic mass is 15.5. The van der Waals surface area contributed by atoms with Gasteiger partial charge in [-0.25, -0.2) is 0 Å². The molecule has 6 heteroatoms. The van der Waals surface area contributed by atoms with Crippen LogP contribution < -0.4 is 5.32 Å². The van der Waals surface area contributed by atoms with Crippen molar-refractivity contribution in [2.45, 2.75) is 32.7 Å². The Balaban J connectivity index is 1.39. The molecule has 2 heterocycles. The molecule has 0 aliphatic carbocycles. The molecule has 2 N–H and O–H groups in total. The molecule has 3 aromatic carbocycles. The third-order valence-electron chi connectivity index (χ3n) is 6.11. The molecule has 2 aromatic heterocycles. The van der Waals surface area contributed by atoms with Gasteiger partial charge >= 0.3 is 0 Å². The minimum Gasteiger partial charge on any atom is -0.380 e. The number of H-pyrrole nitrogens is 1. The molecule has 0 aliphatic rings. The number of nitrogens with zero attached hydrogens (tertiary/aromatic N) is 4. The summed E-state index contributed by atoms with van der Waals surface area (Å²) in [5.74, 6) is 1.02. The number of para-hydroxylation sites is 1. The predicted molar refractivity (Wildman–Crippen MR) is 133 cm³/mol. The SMILES string of the molecule is CCC(C)c1cc(NCc2ccc(-c3ccccc3-c3nn[nH]n3)cc2)c2ccccc2n1. The maximum absolute atomic E-state index is 4.88. The number of pyridine rings is 1. The second-order valence-corrected chi connectivity index (χ2v) is 8.25. The summed E-state index contributed by atoms with van der Waals surface area (Å²) in [6.45, 7) is 5.17. The molecule has 1 atom stereocenters. The lowest BCUT2D eigenvalue weighted by Crippen LogP contribution is -2.03. The number of benzene rings is 3. The second-order valence-electron chi connectivity index (χ2n) is 8.25. The monoisotopic (exact) mass is 434 g/mol. The van der Waals surface area contributed by atoms with Crippen molar-refractivity contribution in [2.75, 3.05) is 5.32 Å². The van der Waals surface area contributed by atoms with Gasteiger partial charge in [-0.2, -0.15) is 5.21 Å². The average Bonchev–Trinajstić information content (AvgIpc) is 3.42. The Labute approximate surface area is 193 Å². The lowest BCUT2D eigenvalue weighted by Gasteiger charge is -2.15. The van der Waals surface area contributed by atoms with Crippen LogP contribution in [-0.4, -0.2) is 25.6 Å². The Bertz CT molecular complexity index is 1360. The van der Waals surface area contributed by atoms with Crippen LogP contribution in [0, 0.1) is 0 Å². The van der Waals surface area contributed by atoms with E-state index in [2.05, 4.69) is 94.4 Å². The van der Waals surface area contributed by atoms with E-state index in [1.807, 2.05) is 24.3 Å². The molecule has 5 aromatic rings. The van der Waals surface area contributed by atoms with Gasteiger partial charge in [0.1, 0.15) is 0 Å². The molecular weight excluding hydrogens is 408 g/mol. The first-order valence-corrected chi connectivity index (χ1v) is 11.3. The minimum absolute atomic E-state index is 0.425. The largest absolute Gasteiger partial charge is 0.380 e. The van der Waals surface area contributed by atoms with Crippen LogP contribution in [0.4, 0.5) is 5.69 Å². The van der Waals surface area contributed by atoms with Crippen LogP contribution in [-0.2, 0) is 6.54 Å². The Hall–Kier alpha value is -4.06. The van der Waals surface area contributed by atoms with E-state index in [-0.39, 0.29) is 0 Å². The lowest BCUT2D eigenvalue weighted by molar-refractivity contribution is 0.712. The summed E-state index contributed by atoms with van der Waals surface area (Å²) >= 11 is 0. The summed E-state index contributed by atoms with van der Waals surface area (Å²) in [5.41, 5.74) is 7.66. The maximum Gasteiger partial charge on any atom is 0.205 e. The summed E-state index contributed by atoms with van der Waals surface area (Å²) in [6, 6.07) is 27.2. The molecule has 0 bridgehead atoms. The lowest BCUT2D eigenvalue weighted by atomic mass is 9.98. The summed E-state index contributed by atoms with van der Waals surface area (Å²) < 4.78 is 0. The van der Waals surface area contributed by atoms with Crippen molar-refractivity contribution < 1.29 is 0 Å². The number of fused-ring (bicyclic) bond motifs is 1. The molecular formula is C27H26N6. The van der Waals surface area contributed by atoms with Gasteiger partial charge in [-0.3, -0.25) is 4.98 Å². The molecule has 164 valence electrons. The van der Waals surface area contributed by atoms with Gasteiger partial charge in [-0.1, -0.05) is 80.6 Å². The van der Waals surface area contributed by atoms with Crippen molar-refractivity contribution in [3.8, 4) is 22.5 Å². The van der Waals surface area contributed by atoms with E-state index in [0.717, 1.165) is 51.9 Å². The van der Waals surface area contributed by atoms with Crippen molar-refractivity contribution in [3.05, 3.63) is 90.1 Å². The molecule has 33 heavy (non-hydrogen) atoms. The fourth-order valence-corrected chi connectivity index (χ4v) is 4.01. The quantitative estimate of drug-likeness (QED) is 0.318. The number of hydrogen-bond acceptors (Lipinski definition) is 5. The second kappa shape index (κ2) is 9.20. The van der Waals surface area contributed by atoms with Crippen LogP contribution in [0.1, 0.15) is 37.4 Å². The highest BCUT2D eigenvalue weighted by Crippen LogP contribution is 2.31. The zero-order valence-corrected chi connectivity index (χ0v) is 18.8. The first kappa shape index (κ1) is 20.8. The summed E-state index contributed by atoms with van der Waals surface area (Å²) in [6.07, 6.45) is 1.07. The van der Waals surface area contributed by atoms with Gasteiger partial charge in [0, 0.05) is 28.9 Å². The number of anilines is 1. The van der Waals surface area contributed by atoms with E-state index in [9.17, 15) is 0 Å². The topological polar surface area (TPSA) is 79.4 Å². The van der Waals surface area contributed by atoms with Crippen molar-refractivity contribution >= 4 is 16.6 Å². The smallest absolute Gasteiger partial charge is 0.205 e. The number of rotatable bonds is 7. The number of hydrogen-bond donors (Lipinski definition) is 2. The predicted octanol–water partition coefficient (Wildman–Crippen LogP) is 6.21. The van der Waals surface area contributed by atoms with E-state index < -0.39 is 0 Å². The third-order valence-corrected chi connectivity index (χ3v) is 6.11. The highest BCUT2D eigenvalue weighted by molar-refractivity contribution is 5.91.